The molecule has 4 heteroatoms. The third kappa shape index (κ3) is 4.50. The first kappa shape index (κ1) is 13.8. The Morgan fingerprint density at radius 2 is 2.00 bits per heavy atom. The van der Waals surface area contributed by atoms with E-state index in [0.29, 0.717) is 13.0 Å². The lowest BCUT2D eigenvalue weighted by Crippen LogP contribution is -2.40. The van der Waals surface area contributed by atoms with Gasteiger partial charge in [0.1, 0.15) is 0 Å². The van der Waals surface area contributed by atoms with Crippen LogP contribution in [0.3, 0.4) is 0 Å². The van der Waals surface area contributed by atoms with Crippen LogP contribution in [0.4, 0.5) is 0 Å². The molecule has 0 spiro atoms. The highest BCUT2D eigenvalue weighted by atomic mass is 32.1. The van der Waals surface area contributed by atoms with Crippen molar-refractivity contribution in [2.45, 2.75) is 25.4 Å². The Morgan fingerprint density at radius 3 is 2.68 bits per heavy atom. The summed E-state index contributed by atoms with van der Waals surface area (Å²) in [4.78, 5) is 13.0. The van der Waals surface area contributed by atoms with Crippen molar-refractivity contribution in [3.63, 3.8) is 0 Å². The van der Waals surface area contributed by atoms with Crippen LogP contribution in [0.1, 0.15) is 16.9 Å². The van der Waals surface area contributed by atoms with Crippen LogP contribution in [0, 0.1) is 0 Å². The normalized spacial score (nSPS) is 12.1. The van der Waals surface area contributed by atoms with Crippen molar-refractivity contribution < 1.29 is 4.79 Å². The zero-order valence-electron chi connectivity index (χ0n) is 10.7. The summed E-state index contributed by atoms with van der Waals surface area (Å²) in [7, 11) is 0. The van der Waals surface area contributed by atoms with Crippen LogP contribution in [0.2, 0.25) is 0 Å². The van der Waals surface area contributed by atoms with Gasteiger partial charge < -0.3 is 11.1 Å². The Labute approximate surface area is 117 Å². The number of aryl methyl sites for hydroxylation is 1. The van der Waals surface area contributed by atoms with Crippen LogP contribution in [0.15, 0.2) is 47.8 Å². The standard InChI is InChI=1S/C15H18N2OS/c16-14(9-8-12-5-2-1-3-6-12)15(18)17-11-13-7-4-10-19-13/h1-7,10,14H,8-9,11,16H2,(H,17,18). The van der Waals surface area contributed by atoms with Crippen molar-refractivity contribution in [3.05, 3.63) is 58.3 Å². The number of rotatable bonds is 6. The van der Waals surface area contributed by atoms with Gasteiger partial charge in [0.05, 0.1) is 12.6 Å². The van der Waals surface area contributed by atoms with E-state index in [9.17, 15) is 4.79 Å². The minimum absolute atomic E-state index is 0.0793. The van der Waals surface area contributed by atoms with Gasteiger partial charge in [0, 0.05) is 4.88 Å². The lowest BCUT2D eigenvalue weighted by Gasteiger charge is -2.11. The summed E-state index contributed by atoms with van der Waals surface area (Å²) in [5.74, 6) is -0.0793. The maximum atomic E-state index is 11.8. The van der Waals surface area contributed by atoms with Gasteiger partial charge in [-0.3, -0.25) is 4.79 Å². The highest BCUT2D eigenvalue weighted by Crippen LogP contribution is 2.08. The first-order chi connectivity index (χ1) is 9.25. The van der Waals surface area contributed by atoms with E-state index in [1.54, 1.807) is 11.3 Å². The first-order valence-corrected chi connectivity index (χ1v) is 7.23. The Morgan fingerprint density at radius 1 is 1.21 bits per heavy atom. The second-order valence-electron chi connectivity index (χ2n) is 4.43. The number of benzene rings is 1. The van der Waals surface area contributed by atoms with Crippen molar-refractivity contribution in [3.8, 4) is 0 Å². The summed E-state index contributed by atoms with van der Waals surface area (Å²) < 4.78 is 0. The second kappa shape index (κ2) is 7.07. The molecule has 2 rings (SSSR count). The van der Waals surface area contributed by atoms with Crippen LogP contribution in [0.25, 0.3) is 0 Å². The molecular weight excluding hydrogens is 256 g/mol. The van der Waals surface area contributed by atoms with Gasteiger partial charge in [-0.05, 0) is 29.9 Å². The summed E-state index contributed by atoms with van der Waals surface area (Å²) in [6.45, 7) is 0.565. The van der Waals surface area contributed by atoms with Gasteiger partial charge in [-0.2, -0.15) is 0 Å². The highest BCUT2D eigenvalue weighted by Gasteiger charge is 2.12. The van der Waals surface area contributed by atoms with E-state index in [1.807, 2.05) is 35.7 Å². The minimum atomic E-state index is -0.444. The van der Waals surface area contributed by atoms with Gasteiger partial charge in [0.15, 0.2) is 0 Å². The molecule has 0 radical (unpaired) electrons. The van der Waals surface area contributed by atoms with Gasteiger partial charge >= 0.3 is 0 Å². The van der Waals surface area contributed by atoms with Crippen molar-refractivity contribution in [1.82, 2.24) is 5.32 Å². The fourth-order valence-electron chi connectivity index (χ4n) is 1.82. The molecule has 0 saturated carbocycles. The van der Waals surface area contributed by atoms with E-state index in [4.69, 9.17) is 5.73 Å². The molecule has 100 valence electrons. The SMILES string of the molecule is NC(CCc1ccccc1)C(=O)NCc1cccs1. The monoisotopic (exact) mass is 274 g/mol. The summed E-state index contributed by atoms with van der Waals surface area (Å²) >= 11 is 1.63. The highest BCUT2D eigenvalue weighted by molar-refractivity contribution is 7.09. The molecule has 1 heterocycles. The summed E-state index contributed by atoms with van der Waals surface area (Å²) in [5.41, 5.74) is 7.11. The number of carbonyl (C=O) groups is 1. The van der Waals surface area contributed by atoms with Crippen LogP contribution in [-0.4, -0.2) is 11.9 Å². The fourth-order valence-corrected chi connectivity index (χ4v) is 2.46. The number of hydrogen-bond donors (Lipinski definition) is 2. The zero-order chi connectivity index (χ0) is 13.5. The summed E-state index contributed by atoms with van der Waals surface area (Å²) in [6, 6.07) is 13.6. The molecule has 0 saturated heterocycles. The number of amides is 1. The molecule has 1 aromatic heterocycles. The average Bonchev–Trinajstić information content (AvgIpc) is 2.96. The second-order valence-corrected chi connectivity index (χ2v) is 5.46. The first-order valence-electron chi connectivity index (χ1n) is 6.35. The van der Waals surface area contributed by atoms with Crippen LogP contribution >= 0.6 is 11.3 Å². The van der Waals surface area contributed by atoms with E-state index >= 15 is 0 Å². The van der Waals surface area contributed by atoms with Gasteiger partial charge in [-0.15, -0.1) is 11.3 Å². The van der Waals surface area contributed by atoms with Crippen molar-refractivity contribution in [1.29, 1.82) is 0 Å². The molecule has 0 fully saturated rings. The van der Waals surface area contributed by atoms with E-state index in [0.717, 1.165) is 11.3 Å². The van der Waals surface area contributed by atoms with Crippen LogP contribution in [0.5, 0.6) is 0 Å². The molecule has 0 aliphatic heterocycles. The smallest absolute Gasteiger partial charge is 0.237 e. The van der Waals surface area contributed by atoms with Gasteiger partial charge in [-0.1, -0.05) is 36.4 Å². The molecular formula is C15H18N2OS. The molecule has 1 unspecified atom stereocenters. The maximum Gasteiger partial charge on any atom is 0.237 e. The lowest BCUT2D eigenvalue weighted by atomic mass is 10.1. The number of nitrogens with one attached hydrogen (secondary N) is 1. The Kier molecular flexibility index (Phi) is 5.12. The molecule has 1 aromatic carbocycles. The molecule has 1 atom stereocenters. The van der Waals surface area contributed by atoms with Gasteiger partial charge in [-0.25, -0.2) is 0 Å². The fraction of sp³-hybridized carbons (Fsp3) is 0.267. The molecule has 2 aromatic rings. The topological polar surface area (TPSA) is 55.1 Å². The quantitative estimate of drug-likeness (QED) is 0.849. The Hall–Kier alpha value is -1.65. The molecule has 19 heavy (non-hydrogen) atoms. The molecule has 3 nitrogen and oxygen atoms in total. The third-order valence-electron chi connectivity index (χ3n) is 2.94. The van der Waals surface area contributed by atoms with Crippen molar-refractivity contribution >= 4 is 17.2 Å². The minimum Gasteiger partial charge on any atom is -0.350 e. The molecule has 1 amide bonds. The van der Waals surface area contributed by atoms with Gasteiger partial charge in [0.25, 0.3) is 0 Å². The lowest BCUT2D eigenvalue weighted by molar-refractivity contribution is -0.122. The Bertz CT molecular complexity index is 496. The number of thiophene rings is 1. The van der Waals surface area contributed by atoms with E-state index < -0.39 is 6.04 Å². The number of carbonyl (C=O) groups excluding carboxylic acids is 1. The molecule has 0 aliphatic carbocycles. The maximum absolute atomic E-state index is 11.8. The van der Waals surface area contributed by atoms with Crippen molar-refractivity contribution in [2.75, 3.05) is 0 Å². The largest absolute Gasteiger partial charge is 0.350 e. The third-order valence-corrected chi connectivity index (χ3v) is 3.82. The molecule has 0 aliphatic rings. The number of hydrogen-bond acceptors (Lipinski definition) is 3. The number of nitrogens with two attached hydrogens (primary N) is 1. The predicted octanol–water partition coefficient (Wildman–Crippen LogP) is 2.32. The van der Waals surface area contributed by atoms with Gasteiger partial charge in [0.2, 0.25) is 5.91 Å². The van der Waals surface area contributed by atoms with E-state index in [-0.39, 0.29) is 5.91 Å². The van der Waals surface area contributed by atoms with E-state index in [2.05, 4.69) is 17.4 Å². The molecule has 3 N–H and O–H groups in total. The van der Waals surface area contributed by atoms with Crippen LogP contribution < -0.4 is 11.1 Å². The van der Waals surface area contributed by atoms with Crippen LogP contribution in [-0.2, 0) is 17.8 Å². The predicted molar refractivity (Wildman–Crippen MR) is 78.9 cm³/mol. The summed E-state index contributed by atoms with van der Waals surface area (Å²) in [6.07, 6.45) is 1.49. The van der Waals surface area contributed by atoms with E-state index in [1.165, 1.54) is 5.56 Å². The summed E-state index contributed by atoms with van der Waals surface area (Å²) in [5, 5.41) is 4.86. The Balaban J connectivity index is 1.73. The van der Waals surface area contributed by atoms with Crippen molar-refractivity contribution in [2.24, 2.45) is 5.73 Å². The average molecular weight is 274 g/mol. The molecule has 0 bridgehead atoms. The zero-order valence-corrected chi connectivity index (χ0v) is 11.5.